The van der Waals surface area contributed by atoms with Gasteiger partial charge >= 0.3 is 5.97 Å². The first-order chi connectivity index (χ1) is 23.5. The molecule has 0 bridgehead atoms. The Morgan fingerprint density at radius 3 is 2.42 bits per heavy atom. The van der Waals surface area contributed by atoms with E-state index >= 15 is 4.79 Å². The van der Waals surface area contributed by atoms with Crippen molar-refractivity contribution in [3.05, 3.63) is 16.1 Å². The van der Waals surface area contributed by atoms with Crippen LogP contribution in [0.4, 0.5) is 0 Å². The van der Waals surface area contributed by atoms with Gasteiger partial charge in [0.1, 0.15) is 17.2 Å². The Balaban J connectivity index is 2.44. The zero-order valence-electron chi connectivity index (χ0n) is 33.2. The van der Waals surface area contributed by atoms with Crippen molar-refractivity contribution < 1.29 is 28.7 Å². The first-order valence-corrected chi connectivity index (χ1v) is 23.0. The van der Waals surface area contributed by atoms with Crippen LogP contribution in [0.25, 0.3) is 0 Å². The summed E-state index contributed by atoms with van der Waals surface area (Å²) in [6.07, 6.45) is 7.66. The summed E-state index contributed by atoms with van der Waals surface area (Å²) in [5.74, 6) is -0.598. The molecule has 0 aromatic carbocycles. The minimum Gasteiger partial charge on any atom is -0.461 e. The minimum atomic E-state index is -1.93. The van der Waals surface area contributed by atoms with Crippen LogP contribution in [-0.2, 0) is 18.8 Å². The fourth-order valence-corrected chi connectivity index (χ4v) is 8.38. The first-order valence-electron chi connectivity index (χ1n) is 19.3. The predicted molar refractivity (Wildman–Crippen MR) is 206 cm³/mol. The molecule has 10 nitrogen and oxygen atoms in total. The van der Waals surface area contributed by atoms with Gasteiger partial charge in [-0.15, -0.1) is 11.3 Å². The van der Waals surface area contributed by atoms with E-state index in [0.717, 1.165) is 64.3 Å². The second-order valence-corrected chi connectivity index (χ2v) is 21.6. The number of amides is 2. The van der Waals surface area contributed by atoms with Crippen molar-refractivity contribution in [1.82, 2.24) is 19.7 Å². The maximum absolute atomic E-state index is 15.1. The number of esters is 1. The molecular formula is C38H70N4O6SSi. The second kappa shape index (κ2) is 21.0. The van der Waals surface area contributed by atoms with Crippen molar-refractivity contribution >= 4 is 37.9 Å². The largest absolute Gasteiger partial charge is 0.461 e. The first kappa shape index (κ1) is 44.3. The van der Waals surface area contributed by atoms with Crippen LogP contribution in [0.3, 0.4) is 0 Å². The summed E-state index contributed by atoms with van der Waals surface area (Å²) in [7, 11) is -1.93. The Hall–Kier alpha value is -1.86. The average molecular weight is 739 g/mol. The van der Waals surface area contributed by atoms with Crippen LogP contribution in [0, 0.1) is 11.8 Å². The summed E-state index contributed by atoms with van der Waals surface area (Å²) in [4.78, 5) is 51.1. The van der Waals surface area contributed by atoms with Crippen molar-refractivity contribution in [3.8, 4) is 0 Å². The molecule has 0 saturated carbocycles. The molecular weight excluding hydrogens is 669 g/mol. The van der Waals surface area contributed by atoms with Gasteiger partial charge in [0.25, 0.3) is 0 Å². The zero-order valence-corrected chi connectivity index (χ0v) is 35.0. The van der Waals surface area contributed by atoms with Crippen LogP contribution >= 0.6 is 11.3 Å². The molecule has 0 aliphatic carbocycles. The molecule has 50 heavy (non-hydrogen) atoms. The zero-order chi connectivity index (χ0) is 37.6. The summed E-state index contributed by atoms with van der Waals surface area (Å²) in [6, 6.07) is -0.932. The number of carbonyl (C=O) groups excluding carboxylic acids is 3. The van der Waals surface area contributed by atoms with Crippen LogP contribution in [0.5, 0.6) is 0 Å². The van der Waals surface area contributed by atoms with Crippen molar-refractivity contribution in [2.24, 2.45) is 11.8 Å². The molecule has 2 heterocycles. The second-order valence-electron chi connectivity index (χ2n) is 16.0. The van der Waals surface area contributed by atoms with Gasteiger partial charge in [0, 0.05) is 44.1 Å². The van der Waals surface area contributed by atoms with Crippen LogP contribution in [0.1, 0.15) is 142 Å². The predicted octanol–water partition coefficient (Wildman–Crippen LogP) is 7.88. The quantitative estimate of drug-likeness (QED) is 0.0554. The summed E-state index contributed by atoms with van der Waals surface area (Å²) in [5.41, 5.74) is 0.185. The molecule has 288 valence electrons. The molecule has 1 saturated heterocycles. The number of hydrogen-bond acceptors (Lipinski definition) is 9. The molecule has 1 aromatic rings. The maximum Gasteiger partial charge on any atom is 0.357 e. The van der Waals surface area contributed by atoms with Gasteiger partial charge in [0.15, 0.2) is 14.0 Å². The summed E-state index contributed by atoms with van der Waals surface area (Å²) in [5, 5.41) is 13.6. The number of rotatable bonds is 22. The number of ether oxygens (including phenoxy) is 1. The van der Waals surface area contributed by atoms with E-state index in [1.165, 1.54) is 11.3 Å². The number of hydrogen-bond donors (Lipinski definition) is 1. The van der Waals surface area contributed by atoms with Crippen LogP contribution in [0.15, 0.2) is 5.38 Å². The number of thiazole rings is 1. The van der Waals surface area contributed by atoms with E-state index in [4.69, 9.17) is 9.16 Å². The number of aliphatic hydroxyl groups is 1. The van der Waals surface area contributed by atoms with Gasteiger partial charge in [0.2, 0.25) is 12.3 Å². The third-order valence-corrected chi connectivity index (χ3v) is 16.4. The van der Waals surface area contributed by atoms with Gasteiger partial charge in [-0.1, -0.05) is 81.1 Å². The highest BCUT2D eigenvalue weighted by atomic mass is 32.1. The lowest BCUT2D eigenvalue weighted by molar-refractivity contribution is -0.153. The standard InChI is InChI=1S/C38H70N4O6SSi/c1-12-15-16-18-22-41(31(28(4)5)25-32(44)35-39-30(26-49-35)37(46)47-14-3)36(45)34(29(6)13-2)42(27-43)33-20-17-19-21-40(33)23-24-48-50(10,11)38(7,8)9/h26-29,31-34,44H,12-25H2,1-11H3/t29-,31+,32+,33+,34-/m0/s1. The molecule has 2 amide bonds. The highest BCUT2D eigenvalue weighted by molar-refractivity contribution is 7.09. The van der Waals surface area contributed by atoms with E-state index in [9.17, 15) is 14.7 Å². The van der Waals surface area contributed by atoms with Crippen molar-refractivity contribution in [3.63, 3.8) is 0 Å². The molecule has 1 fully saturated rings. The highest BCUT2D eigenvalue weighted by Crippen LogP contribution is 2.37. The average Bonchev–Trinajstić information content (AvgIpc) is 3.56. The Morgan fingerprint density at radius 1 is 1.14 bits per heavy atom. The van der Waals surface area contributed by atoms with Gasteiger partial charge in [-0.05, 0) is 62.6 Å². The molecule has 0 spiro atoms. The fraction of sp³-hybridized carbons (Fsp3) is 0.842. The monoisotopic (exact) mass is 738 g/mol. The van der Waals surface area contributed by atoms with E-state index in [-0.39, 0.29) is 53.7 Å². The molecule has 0 radical (unpaired) electrons. The number of unbranched alkanes of at least 4 members (excludes halogenated alkanes) is 3. The van der Waals surface area contributed by atoms with E-state index in [2.05, 4.69) is 78.4 Å². The molecule has 12 heteroatoms. The van der Waals surface area contributed by atoms with Gasteiger partial charge in [-0.3, -0.25) is 14.5 Å². The van der Waals surface area contributed by atoms with Gasteiger partial charge in [-0.25, -0.2) is 9.78 Å². The van der Waals surface area contributed by atoms with Crippen LogP contribution in [-0.4, -0.2) is 102 Å². The van der Waals surface area contributed by atoms with Gasteiger partial charge in [0.05, 0.1) is 12.8 Å². The summed E-state index contributed by atoms with van der Waals surface area (Å²) < 4.78 is 11.7. The smallest absolute Gasteiger partial charge is 0.357 e. The third kappa shape index (κ3) is 12.4. The lowest BCUT2D eigenvalue weighted by Gasteiger charge is -2.47. The SMILES string of the molecule is CCCCCCN(C(=O)[C@H]([C@@H](C)CC)N(C=O)[C@@H]1CCCCN1CCO[Si](C)(C)C(C)(C)C)[C@H](C[C@@H](O)c1nc(C(=O)OCC)cs1)C(C)C. The number of nitrogens with zero attached hydrogens (tertiary/aromatic N) is 4. The Kier molecular flexibility index (Phi) is 18.6. The summed E-state index contributed by atoms with van der Waals surface area (Å²) >= 11 is 1.23. The topological polar surface area (TPSA) is 113 Å². The lowest BCUT2D eigenvalue weighted by Crippen LogP contribution is -2.62. The van der Waals surface area contributed by atoms with Crippen molar-refractivity contribution in [1.29, 1.82) is 0 Å². The molecule has 2 rings (SSSR count). The van der Waals surface area contributed by atoms with Crippen LogP contribution < -0.4 is 0 Å². The third-order valence-electron chi connectivity index (χ3n) is 10.9. The Bertz CT molecular complexity index is 1170. The van der Waals surface area contributed by atoms with E-state index in [1.54, 1.807) is 12.3 Å². The van der Waals surface area contributed by atoms with E-state index in [1.807, 2.05) is 9.80 Å². The number of likely N-dealkylation sites (tertiary alicyclic amines) is 1. The molecule has 1 aliphatic heterocycles. The molecule has 5 atom stereocenters. The Morgan fingerprint density at radius 2 is 1.84 bits per heavy atom. The summed E-state index contributed by atoms with van der Waals surface area (Å²) in [6.45, 7) is 26.5. The Labute approximate surface area is 308 Å². The maximum atomic E-state index is 15.1. The fourth-order valence-electron chi connectivity index (χ4n) is 6.56. The molecule has 1 aromatic heterocycles. The minimum absolute atomic E-state index is 0.0326. The van der Waals surface area contributed by atoms with E-state index < -0.39 is 26.4 Å². The number of aliphatic hydroxyl groups excluding tert-OH is 1. The van der Waals surface area contributed by atoms with Gasteiger partial charge in [-0.2, -0.15) is 0 Å². The number of aromatic nitrogens is 1. The van der Waals surface area contributed by atoms with Crippen LogP contribution in [0.2, 0.25) is 18.1 Å². The molecule has 1 aliphatic rings. The van der Waals surface area contributed by atoms with Crippen molar-refractivity contribution in [2.75, 3.05) is 32.8 Å². The lowest BCUT2D eigenvalue weighted by atomic mass is 9.90. The molecule has 0 unspecified atom stereocenters. The van der Waals surface area contributed by atoms with Gasteiger partial charge < -0.3 is 24.1 Å². The van der Waals surface area contributed by atoms with E-state index in [0.29, 0.717) is 24.7 Å². The highest BCUT2D eigenvalue weighted by Gasteiger charge is 2.42. The number of carbonyl (C=O) groups is 3. The molecule has 1 N–H and O–H groups in total. The normalized spacial score (nSPS) is 18.4. The number of piperidine rings is 1. The van der Waals surface area contributed by atoms with Crippen molar-refractivity contribution in [2.45, 2.75) is 163 Å².